The molecular weight excluding hydrogens is 160 g/mol. The van der Waals surface area contributed by atoms with E-state index < -0.39 is 0 Å². The van der Waals surface area contributed by atoms with Crippen LogP contribution in [0, 0.1) is 17.8 Å². The lowest BCUT2D eigenvalue weighted by Gasteiger charge is -1.95. The molecule has 1 atom stereocenters. The second kappa shape index (κ2) is 4.51. The lowest BCUT2D eigenvalue weighted by Crippen LogP contribution is -1.89. The molecule has 1 aromatic rings. The summed E-state index contributed by atoms with van der Waals surface area (Å²) in [6, 6.07) is 3.65. The maximum atomic E-state index is 5.45. The molecule has 0 aliphatic rings. The highest BCUT2D eigenvalue weighted by molar-refractivity contribution is 5.38. The fourth-order valence-electron chi connectivity index (χ4n) is 0.788. The third kappa shape index (κ3) is 3.16. The van der Waals surface area contributed by atoms with E-state index in [0.29, 0.717) is 11.7 Å². The van der Waals surface area contributed by atoms with Crippen LogP contribution in [0.4, 0.5) is 5.82 Å². The van der Waals surface area contributed by atoms with Crippen LogP contribution in [-0.2, 0) is 0 Å². The van der Waals surface area contributed by atoms with Gasteiger partial charge in [0, 0.05) is 17.7 Å². The molecule has 1 rings (SSSR count). The molecule has 0 amide bonds. The predicted molar refractivity (Wildman–Crippen MR) is 55.0 cm³/mol. The number of hydrogen-bond acceptors (Lipinski definition) is 2. The molecule has 2 N–H and O–H groups in total. The predicted octanol–water partition coefficient (Wildman–Crippen LogP) is 2.06. The first-order valence-electron chi connectivity index (χ1n) is 4.45. The van der Waals surface area contributed by atoms with Crippen LogP contribution in [-0.4, -0.2) is 4.98 Å². The maximum Gasteiger partial charge on any atom is 0.123 e. The number of pyridine rings is 1. The van der Waals surface area contributed by atoms with Crippen molar-refractivity contribution in [2.24, 2.45) is 5.92 Å². The molecule has 0 radical (unpaired) electrons. The molecule has 13 heavy (non-hydrogen) atoms. The zero-order valence-corrected chi connectivity index (χ0v) is 8.04. The minimum atomic E-state index is 0.442. The molecule has 0 fully saturated rings. The van der Waals surface area contributed by atoms with Crippen LogP contribution in [0.15, 0.2) is 18.3 Å². The summed E-state index contributed by atoms with van der Waals surface area (Å²) in [6.07, 6.45) is 2.78. The summed E-state index contributed by atoms with van der Waals surface area (Å²) < 4.78 is 0. The molecule has 0 bridgehead atoms. The summed E-state index contributed by atoms with van der Waals surface area (Å²) in [5.74, 6) is 7.17. The van der Waals surface area contributed by atoms with E-state index >= 15 is 0 Å². The first-order valence-corrected chi connectivity index (χ1v) is 4.45. The SMILES string of the molecule is CCC(C)C#Cc1ccc(N)nc1. The van der Waals surface area contributed by atoms with Crippen LogP contribution >= 0.6 is 0 Å². The summed E-state index contributed by atoms with van der Waals surface area (Å²) >= 11 is 0. The largest absolute Gasteiger partial charge is 0.384 e. The van der Waals surface area contributed by atoms with Gasteiger partial charge in [0.25, 0.3) is 0 Å². The fourth-order valence-corrected chi connectivity index (χ4v) is 0.788. The molecule has 0 aromatic carbocycles. The summed E-state index contributed by atoms with van der Waals surface area (Å²) in [4.78, 5) is 3.96. The molecular formula is C11H14N2. The molecule has 1 unspecified atom stereocenters. The van der Waals surface area contributed by atoms with Gasteiger partial charge in [-0.25, -0.2) is 4.98 Å². The van der Waals surface area contributed by atoms with Crippen molar-refractivity contribution in [2.45, 2.75) is 20.3 Å². The van der Waals surface area contributed by atoms with Gasteiger partial charge in [-0.15, -0.1) is 0 Å². The average Bonchev–Trinajstić information content (AvgIpc) is 2.16. The van der Waals surface area contributed by atoms with Gasteiger partial charge in [-0.1, -0.05) is 25.7 Å². The van der Waals surface area contributed by atoms with E-state index in [9.17, 15) is 0 Å². The molecule has 1 heterocycles. The molecule has 0 saturated carbocycles. The smallest absolute Gasteiger partial charge is 0.123 e. The molecule has 0 saturated heterocycles. The van der Waals surface area contributed by atoms with E-state index in [0.717, 1.165) is 12.0 Å². The van der Waals surface area contributed by atoms with Crippen molar-refractivity contribution < 1.29 is 0 Å². The Morgan fingerprint density at radius 1 is 1.54 bits per heavy atom. The standard InChI is InChI=1S/C11H14N2/c1-3-9(2)4-5-10-6-7-11(12)13-8-10/h6-9H,3H2,1-2H3,(H2,12,13). The number of hydrogen-bond donors (Lipinski definition) is 1. The normalized spacial score (nSPS) is 11.5. The third-order valence-electron chi connectivity index (χ3n) is 1.86. The van der Waals surface area contributed by atoms with Crippen molar-refractivity contribution in [3.8, 4) is 11.8 Å². The van der Waals surface area contributed by atoms with Crippen molar-refractivity contribution in [1.29, 1.82) is 0 Å². The second-order valence-corrected chi connectivity index (χ2v) is 3.05. The van der Waals surface area contributed by atoms with E-state index in [4.69, 9.17) is 5.73 Å². The van der Waals surface area contributed by atoms with Crippen molar-refractivity contribution in [2.75, 3.05) is 5.73 Å². The van der Waals surface area contributed by atoms with Crippen molar-refractivity contribution in [1.82, 2.24) is 4.98 Å². The highest BCUT2D eigenvalue weighted by Gasteiger charge is 1.91. The quantitative estimate of drug-likeness (QED) is 0.662. The summed E-state index contributed by atoms with van der Waals surface area (Å²) in [5.41, 5.74) is 6.37. The van der Waals surface area contributed by atoms with E-state index in [-0.39, 0.29) is 0 Å². The number of nitrogen functional groups attached to an aromatic ring is 1. The van der Waals surface area contributed by atoms with E-state index in [2.05, 4.69) is 30.7 Å². The second-order valence-electron chi connectivity index (χ2n) is 3.05. The van der Waals surface area contributed by atoms with Gasteiger partial charge in [-0.3, -0.25) is 0 Å². The first-order chi connectivity index (χ1) is 6.22. The van der Waals surface area contributed by atoms with Crippen molar-refractivity contribution >= 4 is 5.82 Å². The van der Waals surface area contributed by atoms with Gasteiger partial charge in [0.15, 0.2) is 0 Å². The number of rotatable bonds is 1. The maximum absolute atomic E-state index is 5.45. The number of aromatic nitrogens is 1. The molecule has 0 spiro atoms. The lowest BCUT2D eigenvalue weighted by atomic mass is 10.1. The van der Waals surface area contributed by atoms with Crippen LogP contribution in [0.5, 0.6) is 0 Å². The number of anilines is 1. The molecule has 2 nitrogen and oxygen atoms in total. The van der Waals surface area contributed by atoms with Gasteiger partial charge in [-0.05, 0) is 18.6 Å². The minimum absolute atomic E-state index is 0.442. The zero-order valence-electron chi connectivity index (χ0n) is 8.04. The van der Waals surface area contributed by atoms with Crippen molar-refractivity contribution in [3.63, 3.8) is 0 Å². The highest BCUT2D eigenvalue weighted by Crippen LogP contribution is 2.01. The van der Waals surface area contributed by atoms with Gasteiger partial charge in [0.2, 0.25) is 0 Å². The van der Waals surface area contributed by atoms with E-state index in [1.54, 1.807) is 12.3 Å². The Bertz CT molecular complexity index is 316. The van der Waals surface area contributed by atoms with Gasteiger partial charge in [0.1, 0.15) is 5.82 Å². The van der Waals surface area contributed by atoms with E-state index in [1.807, 2.05) is 6.07 Å². The van der Waals surface area contributed by atoms with Gasteiger partial charge in [-0.2, -0.15) is 0 Å². The zero-order chi connectivity index (χ0) is 9.68. The Labute approximate surface area is 79.2 Å². The van der Waals surface area contributed by atoms with Crippen LogP contribution in [0.2, 0.25) is 0 Å². The summed E-state index contributed by atoms with van der Waals surface area (Å²) in [7, 11) is 0. The Kier molecular flexibility index (Phi) is 3.33. The Balaban J connectivity index is 2.72. The topological polar surface area (TPSA) is 38.9 Å². The van der Waals surface area contributed by atoms with Gasteiger partial charge < -0.3 is 5.73 Å². The van der Waals surface area contributed by atoms with Crippen LogP contribution in [0.25, 0.3) is 0 Å². The minimum Gasteiger partial charge on any atom is -0.384 e. The first kappa shape index (κ1) is 9.60. The fraction of sp³-hybridized carbons (Fsp3) is 0.364. The number of nitrogens with zero attached hydrogens (tertiary/aromatic N) is 1. The van der Waals surface area contributed by atoms with Crippen molar-refractivity contribution in [3.05, 3.63) is 23.9 Å². The molecule has 0 aliphatic heterocycles. The Morgan fingerprint density at radius 2 is 2.31 bits per heavy atom. The van der Waals surface area contributed by atoms with Crippen LogP contribution in [0.3, 0.4) is 0 Å². The molecule has 2 heteroatoms. The van der Waals surface area contributed by atoms with Gasteiger partial charge in [0.05, 0.1) is 0 Å². The summed E-state index contributed by atoms with van der Waals surface area (Å²) in [6.45, 7) is 4.23. The molecule has 0 aliphatic carbocycles. The van der Waals surface area contributed by atoms with Gasteiger partial charge >= 0.3 is 0 Å². The molecule has 68 valence electrons. The molecule has 1 aromatic heterocycles. The van der Waals surface area contributed by atoms with Crippen LogP contribution < -0.4 is 5.73 Å². The average molecular weight is 174 g/mol. The Hall–Kier alpha value is -1.49. The third-order valence-corrected chi connectivity index (χ3v) is 1.86. The monoisotopic (exact) mass is 174 g/mol. The number of nitrogens with two attached hydrogens (primary N) is 1. The van der Waals surface area contributed by atoms with E-state index in [1.165, 1.54) is 0 Å². The Morgan fingerprint density at radius 3 is 2.85 bits per heavy atom. The highest BCUT2D eigenvalue weighted by atomic mass is 14.8. The van der Waals surface area contributed by atoms with Crippen LogP contribution in [0.1, 0.15) is 25.8 Å². The lowest BCUT2D eigenvalue weighted by molar-refractivity contribution is 0.723. The summed E-state index contributed by atoms with van der Waals surface area (Å²) in [5, 5.41) is 0.